The molecule has 25 heavy (non-hydrogen) atoms. The van der Waals surface area contributed by atoms with Crippen molar-refractivity contribution in [1.29, 1.82) is 0 Å². The Morgan fingerprint density at radius 1 is 1.12 bits per heavy atom. The van der Waals surface area contributed by atoms with Crippen LogP contribution in [0.2, 0.25) is 0 Å². The third-order valence-corrected chi connectivity index (χ3v) is 5.05. The highest BCUT2D eigenvalue weighted by molar-refractivity contribution is 5.76. The van der Waals surface area contributed by atoms with Crippen LogP contribution in [0.1, 0.15) is 50.3 Å². The van der Waals surface area contributed by atoms with Gasteiger partial charge in [-0.15, -0.1) is 0 Å². The number of amides is 1. The van der Waals surface area contributed by atoms with Crippen molar-refractivity contribution in [2.75, 3.05) is 6.54 Å². The van der Waals surface area contributed by atoms with E-state index >= 15 is 0 Å². The Morgan fingerprint density at radius 3 is 2.40 bits per heavy atom. The second-order valence-corrected chi connectivity index (χ2v) is 6.81. The Hall–Kier alpha value is -2.62. The van der Waals surface area contributed by atoms with E-state index in [-0.39, 0.29) is 17.8 Å². The Balaban J connectivity index is 2.20. The van der Waals surface area contributed by atoms with Crippen molar-refractivity contribution in [3.05, 3.63) is 65.2 Å². The summed E-state index contributed by atoms with van der Waals surface area (Å²) in [4.78, 5) is 25.6. The monoisotopic (exact) mass is 337 g/mol. The molecule has 0 radical (unpaired) electrons. The van der Waals surface area contributed by atoms with Crippen LogP contribution in [0.4, 0.5) is 0 Å². The first kappa shape index (κ1) is 17.2. The molecule has 0 aromatic heterocycles. The van der Waals surface area contributed by atoms with Gasteiger partial charge in [0.25, 0.3) is 0 Å². The number of carbonyl (C=O) groups excluding carboxylic acids is 2. The second-order valence-electron chi connectivity index (χ2n) is 6.81. The molecule has 3 rings (SSSR count). The van der Waals surface area contributed by atoms with Crippen molar-refractivity contribution in [3.63, 3.8) is 0 Å². The lowest BCUT2D eigenvalue weighted by Gasteiger charge is -2.48. The largest absolute Gasteiger partial charge is 0.427 e. The zero-order chi connectivity index (χ0) is 18.2. The highest BCUT2D eigenvalue weighted by Gasteiger charge is 2.43. The van der Waals surface area contributed by atoms with Gasteiger partial charge in [0.05, 0.1) is 5.54 Å². The molecule has 0 saturated heterocycles. The van der Waals surface area contributed by atoms with Crippen molar-refractivity contribution in [3.8, 4) is 5.75 Å². The van der Waals surface area contributed by atoms with Gasteiger partial charge in [0, 0.05) is 20.4 Å². The molecule has 4 heteroatoms. The predicted molar refractivity (Wildman–Crippen MR) is 96.4 cm³/mol. The van der Waals surface area contributed by atoms with Gasteiger partial charge in [0.15, 0.2) is 0 Å². The van der Waals surface area contributed by atoms with Gasteiger partial charge in [-0.1, -0.05) is 43.3 Å². The fraction of sp³-hybridized carbons (Fsp3) is 0.333. The SMILES string of the molecule is CC(=O)Oc1ccc2c(c1)C(C)CN(C(C)=O)C2(C)c1ccccc1. The zero-order valence-electron chi connectivity index (χ0n) is 15.1. The molecule has 4 nitrogen and oxygen atoms in total. The molecule has 1 aliphatic rings. The maximum absolute atomic E-state index is 12.4. The highest BCUT2D eigenvalue weighted by Crippen LogP contribution is 2.45. The number of ether oxygens (including phenoxy) is 1. The lowest BCUT2D eigenvalue weighted by Crippen LogP contribution is -2.52. The molecule has 2 aromatic rings. The molecular formula is C21H23NO3. The third kappa shape index (κ3) is 2.93. The van der Waals surface area contributed by atoms with Crippen LogP contribution >= 0.6 is 0 Å². The minimum absolute atomic E-state index is 0.0490. The molecule has 0 bridgehead atoms. The Morgan fingerprint density at radius 2 is 1.80 bits per heavy atom. The summed E-state index contributed by atoms with van der Waals surface area (Å²) in [5.74, 6) is 0.420. The van der Waals surface area contributed by atoms with Crippen LogP contribution in [0.5, 0.6) is 5.75 Å². The van der Waals surface area contributed by atoms with Gasteiger partial charge < -0.3 is 9.64 Å². The Labute approximate surface area is 148 Å². The molecule has 0 N–H and O–H groups in total. The van der Waals surface area contributed by atoms with E-state index in [9.17, 15) is 9.59 Å². The maximum atomic E-state index is 12.4. The van der Waals surface area contributed by atoms with Crippen molar-refractivity contribution < 1.29 is 14.3 Å². The standard InChI is InChI=1S/C21H23NO3/c1-14-13-22(15(2)23)21(4,17-8-6-5-7-9-17)20-11-10-18(12-19(14)20)25-16(3)24/h5-12,14H,13H2,1-4H3. The number of hydrogen-bond acceptors (Lipinski definition) is 3. The molecule has 2 atom stereocenters. The molecule has 1 heterocycles. The summed E-state index contributed by atoms with van der Waals surface area (Å²) in [6, 6.07) is 15.8. The van der Waals surface area contributed by atoms with Gasteiger partial charge in [-0.25, -0.2) is 0 Å². The van der Waals surface area contributed by atoms with Crippen LogP contribution < -0.4 is 4.74 Å². The average molecular weight is 337 g/mol. The zero-order valence-corrected chi connectivity index (χ0v) is 15.1. The summed E-state index contributed by atoms with van der Waals surface area (Å²) in [5.41, 5.74) is 2.70. The molecule has 2 aromatic carbocycles. The number of nitrogens with zero attached hydrogens (tertiary/aromatic N) is 1. The number of benzene rings is 2. The van der Waals surface area contributed by atoms with E-state index in [1.807, 2.05) is 35.2 Å². The molecule has 0 spiro atoms. The van der Waals surface area contributed by atoms with Crippen LogP contribution in [-0.2, 0) is 15.1 Å². The minimum atomic E-state index is -0.552. The smallest absolute Gasteiger partial charge is 0.308 e. The number of esters is 1. The van der Waals surface area contributed by atoms with Gasteiger partial charge in [-0.2, -0.15) is 0 Å². The molecule has 2 unspecified atom stereocenters. The normalized spacial score (nSPS) is 22.2. The lowest BCUT2D eigenvalue weighted by molar-refractivity contribution is -0.134. The first-order chi connectivity index (χ1) is 11.8. The van der Waals surface area contributed by atoms with E-state index in [1.54, 1.807) is 13.0 Å². The van der Waals surface area contributed by atoms with Gasteiger partial charge in [0.2, 0.25) is 5.91 Å². The first-order valence-electron chi connectivity index (χ1n) is 8.50. The van der Waals surface area contributed by atoms with Gasteiger partial charge >= 0.3 is 5.97 Å². The molecule has 1 amide bonds. The Bertz CT molecular complexity index is 815. The molecule has 130 valence electrons. The summed E-state index contributed by atoms with van der Waals surface area (Å²) in [5, 5.41) is 0. The van der Waals surface area contributed by atoms with E-state index in [0.717, 1.165) is 16.7 Å². The number of hydrogen-bond donors (Lipinski definition) is 0. The molecule has 0 aliphatic carbocycles. The van der Waals surface area contributed by atoms with E-state index < -0.39 is 5.54 Å². The molecule has 0 saturated carbocycles. The maximum Gasteiger partial charge on any atom is 0.308 e. The van der Waals surface area contributed by atoms with Gasteiger partial charge in [-0.05, 0) is 41.7 Å². The van der Waals surface area contributed by atoms with Crippen molar-refractivity contribution >= 4 is 11.9 Å². The van der Waals surface area contributed by atoms with Crippen LogP contribution in [0.3, 0.4) is 0 Å². The minimum Gasteiger partial charge on any atom is -0.427 e. The van der Waals surface area contributed by atoms with Crippen molar-refractivity contribution in [1.82, 2.24) is 4.90 Å². The van der Waals surface area contributed by atoms with Crippen LogP contribution in [0.25, 0.3) is 0 Å². The fourth-order valence-corrected chi connectivity index (χ4v) is 3.84. The number of rotatable bonds is 2. The second kappa shape index (κ2) is 6.36. The first-order valence-corrected chi connectivity index (χ1v) is 8.50. The quantitative estimate of drug-likeness (QED) is 0.618. The molecule has 1 aliphatic heterocycles. The fourth-order valence-electron chi connectivity index (χ4n) is 3.84. The summed E-state index contributed by atoms with van der Waals surface area (Å²) in [6.45, 7) is 7.81. The summed E-state index contributed by atoms with van der Waals surface area (Å²) in [6.07, 6.45) is 0. The van der Waals surface area contributed by atoms with E-state index in [0.29, 0.717) is 12.3 Å². The van der Waals surface area contributed by atoms with E-state index in [2.05, 4.69) is 26.0 Å². The van der Waals surface area contributed by atoms with Crippen LogP contribution in [0, 0.1) is 0 Å². The average Bonchev–Trinajstić information content (AvgIpc) is 2.58. The number of carbonyl (C=O) groups is 2. The van der Waals surface area contributed by atoms with Crippen molar-refractivity contribution in [2.45, 2.75) is 39.2 Å². The Kier molecular flexibility index (Phi) is 4.38. The van der Waals surface area contributed by atoms with Crippen molar-refractivity contribution in [2.24, 2.45) is 0 Å². The summed E-state index contributed by atoms with van der Waals surface area (Å²) < 4.78 is 5.26. The summed E-state index contributed by atoms with van der Waals surface area (Å²) >= 11 is 0. The number of fused-ring (bicyclic) bond motifs is 1. The molecular weight excluding hydrogens is 314 g/mol. The highest BCUT2D eigenvalue weighted by atomic mass is 16.5. The third-order valence-electron chi connectivity index (χ3n) is 5.05. The van der Waals surface area contributed by atoms with Crippen LogP contribution in [-0.4, -0.2) is 23.3 Å². The molecule has 0 fully saturated rings. The van der Waals surface area contributed by atoms with E-state index in [1.165, 1.54) is 6.92 Å². The summed E-state index contributed by atoms with van der Waals surface area (Å²) in [7, 11) is 0. The van der Waals surface area contributed by atoms with E-state index in [4.69, 9.17) is 4.74 Å². The lowest BCUT2D eigenvalue weighted by atomic mass is 9.74. The predicted octanol–water partition coefficient (Wildman–Crippen LogP) is 3.84. The van der Waals surface area contributed by atoms with Gasteiger partial charge in [0.1, 0.15) is 5.75 Å². The van der Waals surface area contributed by atoms with Gasteiger partial charge in [-0.3, -0.25) is 9.59 Å². The topological polar surface area (TPSA) is 46.6 Å². The van der Waals surface area contributed by atoms with Crippen LogP contribution in [0.15, 0.2) is 48.5 Å².